The number of carboxylic acid groups (broad SMARTS) is 1. The minimum Gasteiger partial charge on any atom is -0.480 e. The lowest BCUT2D eigenvalue weighted by Gasteiger charge is -2.33. The molecule has 178 valence electrons. The Hall–Kier alpha value is -3.29. The number of fused-ring (bicyclic) bond motifs is 1. The number of para-hydroxylation sites is 1. The van der Waals surface area contributed by atoms with E-state index in [0.717, 1.165) is 16.7 Å². The molecule has 0 bridgehead atoms. The largest absolute Gasteiger partial charge is 0.480 e. The molecule has 2 fully saturated rings. The third-order valence-corrected chi connectivity index (χ3v) is 7.13. The fraction of sp³-hybridized carbons (Fsp3) is 0.370. The second-order valence-corrected chi connectivity index (χ2v) is 8.94. The summed E-state index contributed by atoms with van der Waals surface area (Å²) in [4.78, 5) is 41.4. The van der Waals surface area contributed by atoms with Gasteiger partial charge in [0.25, 0.3) is 0 Å². The van der Waals surface area contributed by atoms with E-state index in [4.69, 9.17) is 0 Å². The fourth-order valence-electron chi connectivity index (χ4n) is 5.41. The number of rotatable bonds is 7. The van der Waals surface area contributed by atoms with Crippen molar-refractivity contribution in [3.63, 3.8) is 0 Å². The molecule has 0 aliphatic carbocycles. The number of aryl methyl sites for hydroxylation is 2. The lowest BCUT2D eigenvalue weighted by Crippen LogP contribution is -2.63. The molecule has 0 radical (unpaired) electrons. The molecule has 2 aromatic rings. The quantitative estimate of drug-likeness (QED) is 0.547. The molecule has 2 amide bonds. The van der Waals surface area contributed by atoms with Gasteiger partial charge >= 0.3 is 5.97 Å². The summed E-state index contributed by atoms with van der Waals surface area (Å²) in [6.45, 7) is 5.25. The van der Waals surface area contributed by atoms with Crippen LogP contribution in [-0.2, 0) is 27.2 Å². The highest BCUT2D eigenvalue weighted by molar-refractivity contribution is 6.25. The Labute approximate surface area is 199 Å². The molecule has 0 saturated carbocycles. The van der Waals surface area contributed by atoms with Gasteiger partial charge in [0.2, 0.25) is 11.8 Å². The van der Waals surface area contributed by atoms with Crippen molar-refractivity contribution in [2.45, 2.75) is 51.3 Å². The summed E-state index contributed by atoms with van der Waals surface area (Å²) < 4.78 is 0. The Morgan fingerprint density at radius 3 is 2.21 bits per heavy atom. The van der Waals surface area contributed by atoms with Crippen LogP contribution in [0.5, 0.6) is 0 Å². The first-order valence-electron chi connectivity index (χ1n) is 11.7. The molecule has 2 heterocycles. The molecule has 7 heteroatoms. The van der Waals surface area contributed by atoms with E-state index in [1.165, 1.54) is 11.8 Å². The summed E-state index contributed by atoms with van der Waals surface area (Å²) in [6, 6.07) is 14.3. The van der Waals surface area contributed by atoms with Crippen LogP contribution in [0.1, 0.15) is 37.5 Å². The van der Waals surface area contributed by atoms with Crippen molar-refractivity contribution in [2.24, 2.45) is 11.8 Å². The Morgan fingerprint density at radius 2 is 1.68 bits per heavy atom. The highest BCUT2D eigenvalue weighted by Crippen LogP contribution is 2.47. The van der Waals surface area contributed by atoms with Gasteiger partial charge < -0.3 is 10.2 Å². The first-order chi connectivity index (χ1) is 16.3. The van der Waals surface area contributed by atoms with Crippen molar-refractivity contribution in [3.8, 4) is 0 Å². The van der Waals surface area contributed by atoms with Gasteiger partial charge in [0.05, 0.1) is 23.6 Å². The van der Waals surface area contributed by atoms with E-state index in [-0.39, 0.29) is 0 Å². The van der Waals surface area contributed by atoms with Crippen molar-refractivity contribution in [3.05, 3.63) is 71.3 Å². The molecule has 5 atom stereocenters. The molecule has 0 spiro atoms. The number of nitrogens with one attached hydrogen (secondary N) is 1. The number of aliphatic carboxylic acids is 1. The molecule has 7 nitrogen and oxygen atoms in total. The van der Waals surface area contributed by atoms with E-state index < -0.39 is 47.3 Å². The van der Waals surface area contributed by atoms with Crippen LogP contribution in [0.3, 0.4) is 0 Å². The third-order valence-electron chi connectivity index (χ3n) is 7.13. The zero-order valence-electron chi connectivity index (χ0n) is 19.6. The number of carbonyl (C=O) groups excluding carboxylic acids is 2. The maximum atomic E-state index is 13.8. The minimum absolute atomic E-state index is 0.440. The summed E-state index contributed by atoms with van der Waals surface area (Å²) in [6.07, 6.45) is 3.35. The van der Waals surface area contributed by atoms with Crippen molar-refractivity contribution in [2.75, 3.05) is 4.90 Å². The zero-order valence-corrected chi connectivity index (χ0v) is 19.6. The maximum absolute atomic E-state index is 13.8. The van der Waals surface area contributed by atoms with Crippen LogP contribution < -0.4 is 10.2 Å². The minimum atomic E-state index is -1.98. The Balaban J connectivity index is 1.85. The van der Waals surface area contributed by atoms with Gasteiger partial charge in [-0.25, -0.2) is 4.90 Å². The molecule has 3 N–H and O–H groups in total. The number of aliphatic hydroxyl groups excluding tert-OH is 1. The van der Waals surface area contributed by atoms with Gasteiger partial charge in [-0.3, -0.25) is 19.7 Å². The van der Waals surface area contributed by atoms with Gasteiger partial charge in [0.15, 0.2) is 5.54 Å². The lowest BCUT2D eigenvalue weighted by atomic mass is 9.77. The number of hydrogen-bond acceptors (Lipinski definition) is 5. The number of amides is 2. The van der Waals surface area contributed by atoms with Gasteiger partial charge in [-0.15, -0.1) is 0 Å². The van der Waals surface area contributed by atoms with E-state index in [1.807, 2.05) is 62.4 Å². The van der Waals surface area contributed by atoms with Crippen molar-refractivity contribution in [1.82, 2.24) is 5.32 Å². The summed E-state index contributed by atoms with van der Waals surface area (Å²) >= 11 is 0. The Bertz CT molecular complexity index is 1120. The van der Waals surface area contributed by atoms with E-state index in [9.17, 15) is 24.6 Å². The van der Waals surface area contributed by atoms with E-state index in [2.05, 4.69) is 5.32 Å². The van der Waals surface area contributed by atoms with E-state index >= 15 is 0 Å². The number of benzene rings is 2. The average molecular weight is 463 g/mol. The maximum Gasteiger partial charge on any atom is 0.327 e. The van der Waals surface area contributed by atoms with Crippen LogP contribution in [0.4, 0.5) is 5.69 Å². The predicted molar refractivity (Wildman–Crippen MR) is 129 cm³/mol. The lowest BCUT2D eigenvalue weighted by molar-refractivity contribution is -0.154. The van der Waals surface area contributed by atoms with E-state index in [0.29, 0.717) is 18.5 Å². The van der Waals surface area contributed by atoms with Crippen LogP contribution >= 0.6 is 0 Å². The topological polar surface area (TPSA) is 107 Å². The second-order valence-electron chi connectivity index (χ2n) is 8.94. The average Bonchev–Trinajstić information content (AvgIpc) is 3.32. The van der Waals surface area contributed by atoms with Crippen LogP contribution in [0.2, 0.25) is 0 Å². The highest BCUT2D eigenvalue weighted by atomic mass is 16.4. The van der Waals surface area contributed by atoms with Crippen molar-refractivity contribution >= 4 is 29.5 Å². The van der Waals surface area contributed by atoms with Gasteiger partial charge in [0, 0.05) is 6.04 Å². The van der Waals surface area contributed by atoms with Crippen LogP contribution in [0.25, 0.3) is 6.08 Å². The predicted octanol–water partition coefficient (Wildman–Crippen LogP) is 2.81. The molecule has 4 rings (SSSR count). The molecule has 2 saturated heterocycles. The number of carbonyl (C=O) groups is 3. The van der Waals surface area contributed by atoms with Crippen LogP contribution in [-0.4, -0.2) is 45.7 Å². The van der Waals surface area contributed by atoms with Gasteiger partial charge in [0.1, 0.15) is 0 Å². The van der Waals surface area contributed by atoms with Gasteiger partial charge in [-0.1, -0.05) is 74.5 Å². The summed E-state index contributed by atoms with van der Waals surface area (Å²) in [5.74, 6) is -4.57. The van der Waals surface area contributed by atoms with Crippen LogP contribution in [0, 0.1) is 11.8 Å². The van der Waals surface area contributed by atoms with Crippen molar-refractivity contribution in [1.29, 1.82) is 0 Å². The highest BCUT2D eigenvalue weighted by Gasteiger charge is 2.70. The SMILES string of the molecule is CCc1cccc(CC)c1N1C(=O)C2C(/C=C/c3ccccc3)NC(C(=O)O)(C(C)O)C2C1=O. The Kier molecular flexibility index (Phi) is 6.43. The monoisotopic (exact) mass is 462 g/mol. The molecule has 5 unspecified atom stereocenters. The molecular weight excluding hydrogens is 432 g/mol. The summed E-state index contributed by atoms with van der Waals surface area (Å²) in [5, 5.41) is 23.8. The zero-order chi connectivity index (χ0) is 24.6. The summed E-state index contributed by atoms with van der Waals surface area (Å²) in [5.41, 5.74) is 1.15. The smallest absolute Gasteiger partial charge is 0.327 e. The first kappa shape index (κ1) is 23.9. The number of nitrogens with zero attached hydrogens (tertiary/aromatic N) is 1. The number of imide groups is 1. The van der Waals surface area contributed by atoms with E-state index in [1.54, 1.807) is 12.2 Å². The number of aliphatic hydroxyl groups is 1. The molecular formula is C27H30N2O5. The molecule has 34 heavy (non-hydrogen) atoms. The first-order valence-corrected chi connectivity index (χ1v) is 11.7. The second kappa shape index (κ2) is 9.16. The molecule has 0 aromatic heterocycles. The molecule has 2 aliphatic heterocycles. The molecule has 2 aliphatic rings. The number of carboxylic acids is 1. The number of hydrogen-bond donors (Lipinski definition) is 3. The summed E-state index contributed by atoms with van der Waals surface area (Å²) in [7, 11) is 0. The van der Waals surface area contributed by atoms with Gasteiger partial charge in [-0.05, 0) is 36.5 Å². The third kappa shape index (κ3) is 3.56. The molecule has 2 aromatic carbocycles. The standard InChI is InChI=1S/C27H30N2O5/c1-4-18-12-9-13-19(5-2)23(18)29-24(31)21-20(15-14-17-10-7-6-8-11-17)28-27(16(3)30,26(33)34)22(21)25(29)32/h6-16,20-22,28,30H,4-5H2,1-3H3,(H,33,34)/b15-14+. The Morgan fingerprint density at radius 1 is 1.06 bits per heavy atom. The van der Waals surface area contributed by atoms with Gasteiger partial charge in [-0.2, -0.15) is 0 Å². The fourth-order valence-corrected chi connectivity index (χ4v) is 5.41. The van der Waals surface area contributed by atoms with Crippen LogP contribution in [0.15, 0.2) is 54.6 Å². The normalized spacial score (nSPS) is 27.4. The van der Waals surface area contributed by atoms with Crippen molar-refractivity contribution < 1.29 is 24.6 Å². The number of anilines is 1.